The van der Waals surface area contributed by atoms with Gasteiger partial charge >= 0.3 is 0 Å². The van der Waals surface area contributed by atoms with Crippen LogP contribution >= 0.6 is 11.6 Å². The smallest absolute Gasteiger partial charge is 0.243 e. The first-order chi connectivity index (χ1) is 9.54. The van der Waals surface area contributed by atoms with Gasteiger partial charge in [-0.05, 0) is 36.4 Å². The van der Waals surface area contributed by atoms with Crippen LogP contribution in [-0.4, -0.2) is 12.5 Å². The second-order valence-electron chi connectivity index (χ2n) is 4.04. The van der Waals surface area contributed by atoms with Crippen molar-refractivity contribution in [2.24, 2.45) is 0 Å². The summed E-state index contributed by atoms with van der Waals surface area (Å²) in [6, 6.07) is 9.61. The molecule has 0 unspecified atom stereocenters. The van der Waals surface area contributed by atoms with Crippen molar-refractivity contribution < 1.29 is 13.6 Å². The van der Waals surface area contributed by atoms with E-state index in [-0.39, 0.29) is 17.3 Å². The standard InChI is InChI=1S/C14H11ClF2N2O/c15-9-4-5-13(12(17)6-9)18-8-14(20)19-11-3-1-2-10(16)7-11/h1-7,18H,8H2,(H,19,20). The summed E-state index contributed by atoms with van der Waals surface area (Å²) in [7, 11) is 0. The van der Waals surface area contributed by atoms with Crippen LogP contribution in [0.25, 0.3) is 0 Å². The van der Waals surface area contributed by atoms with Gasteiger partial charge in [-0.1, -0.05) is 17.7 Å². The van der Waals surface area contributed by atoms with Crippen LogP contribution in [0.15, 0.2) is 42.5 Å². The van der Waals surface area contributed by atoms with Gasteiger partial charge < -0.3 is 10.6 Å². The zero-order chi connectivity index (χ0) is 14.5. The van der Waals surface area contributed by atoms with Gasteiger partial charge in [0.05, 0.1) is 12.2 Å². The molecule has 2 aromatic rings. The summed E-state index contributed by atoms with van der Waals surface area (Å²) < 4.78 is 26.4. The molecule has 0 saturated heterocycles. The number of benzene rings is 2. The zero-order valence-corrected chi connectivity index (χ0v) is 11.0. The fourth-order valence-electron chi connectivity index (χ4n) is 1.58. The van der Waals surface area contributed by atoms with Gasteiger partial charge in [0.2, 0.25) is 5.91 Å². The van der Waals surface area contributed by atoms with Gasteiger partial charge in [-0.3, -0.25) is 4.79 Å². The molecule has 0 fully saturated rings. The number of rotatable bonds is 4. The topological polar surface area (TPSA) is 41.1 Å². The molecule has 2 N–H and O–H groups in total. The van der Waals surface area contributed by atoms with Crippen molar-refractivity contribution in [1.29, 1.82) is 0 Å². The van der Waals surface area contributed by atoms with E-state index in [1.165, 1.54) is 30.3 Å². The summed E-state index contributed by atoms with van der Waals surface area (Å²) in [5.41, 5.74) is 0.511. The van der Waals surface area contributed by atoms with Crippen molar-refractivity contribution in [2.45, 2.75) is 0 Å². The van der Waals surface area contributed by atoms with Gasteiger partial charge in [0.15, 0.2) is 0 Å². The molecule has 0 bridgehead atoms. The van der Waals surface area contributed by atoms with E-state index in [1.807, 2.05) is 0 Å². The highest BCUT2D eigenvalue weighted by Gasteiger charge is 2.06. The predicted molar refractivity (Wildman–Crippen MR) is 74.9 cm³/mol. The van der Waals surface area contributed by atoms with Crippen molar-refractivity contribution in [3.8, 4) is 0 Å². The van der Waals surface area contributed by atoms with Crippen molar-refractivity contribution in [3.05, 3.63) is 59.1 Å². The molecule has 2 aromatic carbocycles. The predicted octanol–water partition coefficient (Wildman–Crippen LogP) is 3.67. The van der Waals surface area contributed by atoms with Crippen LogP contribution < -0.4 is 10.6 Å². The molecule has 0 aliphatic rings. The lowest BCUT2D eigenvalue weighted by atomic mass is 10.3. The first-order valence-corrected chi connectivity index (χ1v) is 6.17. The van der Waals surface area contributed by atoms with E-state index < -0.39 is 17.5 Å². The monoisotopic (exact) mass is 296 g/mol. The van der Waals surface area contributed by atoms with E-state index in [4.69, 9.17) is 11.6 Å². The first kappa shape index (κ1) is 14.3. The number of halogens is 3. The zero-order valence-electron chi connectivity index (χ0n) is 10.3. The van der Waals surface area contributed by atoms with Crippen molar-refractivity contribution >= 4 is 28.9 Å². The number of carbonyl (C=O) groups is 1. The van der Waals surface area contributed by atoms with Gasteiger partial charge in [0, 0.05) is 10.7 Å². The van der Waals surface area contributed by atoms with Crippen LogP contribution in [0.2, 0.25) is 5.02 Å². The molecule has 20 heavy (non-hydrogen) atoms. The Labute approximate surface area is 119 Å². The summed E-state index contributed by atoms with van der Waals surface area (Å²) in [6.07, 6.45) is 0. The third-order valence-corrected chi connectivity index (χ3v) is 2.71. The Morgan fingerprint density at radius 2 is 1.95 bits per heavy atom. The molecule has 0 aliphatic carbocycles. The quantitative estimate of drug-likeness (QED) is 0.904. The largest absolute Gasteiger partial charge is 0.374 e. The van der Waals surface area contributed by atoms with Crippen LogP contribution in [0.5, 0.6) is 0 Å². The molecule has 0 saturated carbocycles. The Morgan fingerprint density at radius 1 is 1.15 bits per heavy atom. The van der Waals surface area contributed by atoms with Crippen LogP contribution in [0.1, 0.15) is 0 Å². The molecule has 6 heteroatoms. The van der Waals surface area contributed by atoms with Crippen molar-refractivity contribution in [3.63, 3.8) is 0 Å². The molecular weight excluding hydrogens is 286 g/mol. The lowest BCUT2D eigenvalue weighted by molar-refractivity contribution is -0.114. The minimum absolute atomic E-state index is 0.144. The molecule has 1 amide bonds. The Balaban J connectivity index is 1.92. The highest BCUT2D eigenvalue weighted by atomic mass is 35.5. The van der Waals surface area contributed by atoms with Crippen LogP contribution in [-0.2, 0) is 4.79 Å². The van der Waals surface area contributed by atoms with Crippen molar-refractivity contribution in [1.82, 2.24) is 0 Å². The van der Waals surface area contributed by atoms with Crippen LogP contribution in [0.3, 0.4) is 0 Å². The Morgan fingerprint density at radius 3 is 2.65 bits per heavy atom. The van der Waals surface area contributed by atoms with Gasteiger partial charge in [-0.2, -0.15) is 0 Å². The maximum absolute atomic E-state index is 13.5. The number of anilines is 2. The fourth-order valence-corrected chi connectivity index (χ4v) is 1.74. The maximum atomic E-state index is 13.5. The SMILES string of the molecule is O=C(CNc1ccc(Cl)cc1F)Nc1cccc(F)c1. The molecule has 0 atom stereocenters. The van der Waals surface area contributed by atoms with Crippen LogP contribution in [0, 0.1) is 11.6 Å². The van der Waals surface area contributed by atoms with E-state index in [0.717, 1.165) is 6.07 Å². The molecule has 104 valence electrons. The minimum Gasteiger partial charge on any atom is -0.374 e. The van der Waals surface area contributed by atoms with E-state index in [1.54, 1.807) is 6.07 Å². The molecule has 0 radical (unpaired) electrons. The summed E-state index contributed by atoms with van der Waals surface area (Å²) >= 11 is 5.62. The Kier molecular flexibility index (Phi) is 4.53. The maximum Gasteiger partial charge on any atom is 0.243 e. The average molecular weight is 297 g/mol. The lowest BCUT2D eigenvalue weighted by Gasteiger charge is -2.08. The third-order valence-electron chi connectivity index (χ3n) is 2.48. The van der Waals surface area contributed by atoms with Gasteiger partial charge in [-0.25, -0.2) is 8.78 Å². The number of hydrogen-bond donors (Lipinski definition) is 2. The molecule has 0 heterocycles. The van der Waals surface area contributed by atoms with E-state index in [0.29, 0.717) is 5.69 Å². The number of hydrogen-bond acceptors (Lipinski definition) is 2. The minimum atomic E-state index is -0.545. The Bertz CT molecular complexity index is 634. The van der Waals surface area contributed by atoms with E-state index in [9.17, 15) is 13.6 Å². The lowest BCUT2D eigenvalue weighted by Crippen LogP contribution is -2.22. The highest BCUT2D eigenvalue weighted by Crippen LogP contribution is 2.18. The molecule has 0 aromatic heterocycles. The molecule has 3 nitrogen and oxygen atoms in total. The highest BCUT2D eigenvalue weighted by molar-refractivity contribution is 6.30. The summed E-state index contributed by atoms with van der Waals surface area (Å²) in [6.45, 7) is -0.144. The molecule has 0 spiro atoms. The molecular formula is C14H11ClF2N2O. The number of amides is 1. The molecule has 0 aliphatic heterocycles. The average Bonchev–Trinajstić information content (AvgIpc) is 2.37. The second kappa shape index (κ2) is 6.34. The van der Waals surface area contributed by atoms with Crippen molar-refractivity contribution in [2.75, 3.05) is 17.2 Å². The number of carbonyl (C=O) groups excluding carboxylic acids is 1. The summed E-state index contributed by atoms with van der Waals surface area (Å²) in [5.74, 6) is -1.40. The van der Waals surface area contributed by atoms with Gasteiger partial charge in [-0.15, -0.1) is 0 Å². The van der Waals surface area contributed by atoms with Gasteiger partial charge in [0.25, 0.3) is 0 Å². The van der Waals surface area contributed by atoms with E-state index >= 15 is 0 Å². The number of nitrogens with one attached hydrogen (secondary N) is 2. The summed E-state index contributed by atoms with van der Waals surface area (Å²) in [4.78, 5) is 11.6. The summed E-state index contributed by atoms with van der Waals surface area (Å²) in [5, 5.41) is 5.40. The molecule has 2 rings (SSSR count). The first-order valence-electron chi connectivity index (χ1n) is 5.79. The fraction of sp³-hybridized carbons (Fsp3) is 0.0714. The second-order valence-corrected chi connectivity index (χ2v) is 4.47. The van der Waals surface area contributed by atoms with E-state index in [2.05, 4.69) is 10.6 Å². The van der Waals surface area contributed by atoms with Gasteiger partial charge in [0.1, 0.15) is 11.6 Å². The Hall–Kier alpha value is -2.14. The van der Waals surface area contributed by atoms with Crippen LogP contribution in [0.4, 0.5) is 20.2 Å². The normalized spacial score (nSPS) is 10.2. The third kappa shape index (κ3) is 3.93.